The van der Waals surface area contributed by atoms with Crippen LogP contribution in [0.2, 0.25) is 0 Å². The first kappa shape index (κ1) is 20.7. The summed E-state index contributed by atoms with van der Waals surface area (Å²) in [6, 6.07) is 0.835. The summed E-state index contributed by atoms with van der Waals surface area (Å²) >= 11 is 0. The Morgan fingerprint density at radius 2 is 1.36 bits per heavy atom. The van der Waals surface area contributed by atoms with Gasteiger partial charge in [-0.25, -0.2) is 17.6 Å². The maximum absolute atomic E-state index is 13.4. The molecule has 22 heavy (non-hydrogen) atoms. The van der Waals surface area contributed by atoms with Crippen LogP contribution in [0, 0.1) is 34.6 Å². The molecule has 2 N–H and O–H groups in total. The van der Waals surface area contributed by atoms with Gasteiger partial charge in [-0.05, 0) is 0 Å². The number of halogens is 7. The smallest absolute Gasteiger partial charge is 0.388 e. The van der Waals surface area contributed by atoms with Gasteiger partial charge in [0.25, 0.3) is 0 Å². The molecule has 1 rings (SSSR count). The largest absolute Gasteiger partial charge is 0.414 e. The number of hydrogen-bond acceptors (Lipinski definition) is 3. The quantitative estimate of drug-likeness (QED) is 0.486. The monoisotopic (exact) mass is 373 g/mol. The SMILES string of the molecule is N#Cc1c(F)c(F)c(C(O)CC(O)C(F)(F)F)c(F)c1F.[Fe]. The van der Waals surface area contributed by atoms with Crippen molar-refractivity contribution in [3.63, 3.8) is 0 Å². The van der Waals surface area contributed by atoms with E-state index in [9.17, 15) is 35.8 Å². The van der Waals surface area contributed by atoms with E-state index in [1.165, 1.54) is 0 Å². The van der Waals surface area contributed by atoms with E-state index in [1.807, 2.05) is 0 Å². The minimum absolute atomic E-state index is 0. The summed E-state index contributed by atoms with van der Waals surface area (Å²) in [4.78, 5) is 0. The molecule has 0 saturated heterocycles. The first-order chi connectivity index (χ1) is 9.52. The molecule has 1 aromatic rings. The van der Waals surface area contributed by atoms with E-state index >= 15 is 0 Å². The molecule has 0 aliphatic heterocycles. The molecule has 0 radical (unpaired) electrons. The van der Waals surface area contributed by atoms with Crippen molar-refractivity contribution >= 4 is 0 Å². The average Bonchev–Trinajstić information content (AvgIpc) is 2.36. The van der Waals surface area contributed by atoms with Crippen LogP contribution < -0.4 is 0 Å². The first-order valence-electron chi connectivity index (χ1n) is 5.21. The predicted octanol–water partition coefficient (Wildman–Crippen LogP) is 2.46. The van der Waals surface area contributed by atoms with Crippen LogP contribution in [0.5, 0.6) is 0 Å². The van der Waals surface area contributed by atoms with Gasteiger partial charge in [-0.1, -0.05) is 0 Å². The van der Waals surface area contributed by atoms with Gasteiger partial charge in [-0.3, -0.25) is 0 Å². The Hall–Kier alpha value is -1.34. The molecule has 0 fully saturated rings. The number of nitrogens with zero attached hydrogens (tertiary/aromatic N) is 1. The van der Waals surface area contributed by atoms with E-state index in [0.29, 0.717) is 0 Å². The summed E-state index contributed by atoms with van der Waals surface area (Å²) in [6.45, 7) is 0. The number of aliphatic hydroxyl groups is 2. The van der Waals surface area contributed by atoms with Crippen LogP contribution in [-0.4, -0.2) is 22.5 Å². The van der Waals surface area contributed by atoms with Gasteiger partial charge < -0.3 is 10.2 Å². The average molecular weight is 373 g/mol. The van der Waals surface area contributed by atoms with Crippen molar-refractivity contribution in [3.05, 3.63) is 34.4 Å². The molecule has 2 unspecified atom stereocenters. The summed E-state index contributed by atoms with van der Waals surface area (Å²) < 4.78 is 89.5. The van der Waals surface area contributed by atoms with Gasteiger partial charge in [0.2, 0.25) is 0 Å². The zero-order chi connectivity index (χ0) is 16.5. The summed E-state index contributed by atoms with van der Waals surface area (Å²) in [5.41, 5.74) is -3.34. The fourth-order valence-electron chi connectivity index (χ4n) is 1.50. The van der Waals surface area contributed by atoms with Crippen molar-refractivity contribution in [2.45, 2.75) is 24.8 Å². The molecule has 0 bridgehead atoms. The topological polar surface area (TPSA) is 64.2 Å². The van der Waals surface area contributed by atoms with Gasteiger partial charge in [0.1, 0.15) is 11.6 Å². The standard InChI is InChI=1S/C11H6F7NO2.Fe/c12-7-3(2-19)8(13)10(15)6(9(7)14)4(20)1-5(21)11(16,17)18;/h4-5,20-21H,1H2;. The summed E-state index contributed by atoms with van der Waals surface area (Å²) in [7, 11) is 0. The Kier molecular flexibility index (Phi) is 6.84. The van der Waals surface area contributed by atoms with Gasteiger partial charge in [-0.2, -0.15) is 18.4 Å². The zero-order valence-corrected chi connectivity index (χ0v) is 11.3. The van der Waals surface area contributed by atoms with E-state index in [-0.39, 0.29) is 17.1 Å². The Balaban J connectivity index is 0.00000441. The number of nitriles is 1. The summed E-state index contributed by atoms with van der Waals surface area (Å²) in [5.74, 6) is -8.70. The molecule has 3 nitrogen and oxygen atoms in total. The van der Waals surface area contributed by atoms with E-state index in [0.717, 1.165) is 6.07 Å². The Morgan fingerprint density at radius 1 is 0.955 bits per heavy atom. The number of alkyl halides is 3. The molecule has 0 saturated carbocycles. The third kappa shape index (κ3) is 3.89. The molecular formula is C11H6F7FeNO2. The Bertz CT molecular complexity index is 571. The zero-order valence-electron chi connectivity index (χ0n) is 10.2. The van der Waals surface area contributed by atoms with Crippen LogP contribution in [-0.2, 0) is 17.1 Å². The maximum Gasteiger partial charge on any atom is 0.414 e. The van der Waals surface area contributed by atoms with Crippen LogP contribution in [0.3, 0.4) is 0 Å². The molecule has 0 spiro atoms. The molecule has 11 heteroatoms. The fourth-order valence-corrected chi connectivity index (χ4v) is 1.50. The van der Waals surface area contributed by atoms with Crippen LogP contribution in [0.1, 0.15) is 23.7 Å². The second-order valence-electron chi connectivity index (χ2n) is 3.97. The third-order valence-electron chi connectivity index (χ3n) is 2.57. The molecule has 0 amide bonds. The van der Waals surface area contributed by atoms with E-state index in [1.54, 1.807) is 0 Å². The minimum atomic E-state index is -5.20. The summed E-state index contributed by atoms with van der Waals surface area (Å²) in [5, 5.41) is 26.3. The van der Waals surface area contributed by atoms with Crippen molar-refractivity contribution in [2.24, 2.45) is 0 Å². The van der Waals surface area contributed by atoms with Crippen LogP contribution in [0.15, 0.2) is 0 Å². The molecule has 0 aliphatic carbocycles. The van der Waals surface area contributed by atoms with Crippen molar-refractivity contribution in [1.82, 2.24) is 0 Å². The molecule has 124 valence electrons. The number of hydrogen-bond donors (Lipinski definition) is 2. The molecule has 0 aliphatic rings. The molecular weight excluding hydrogens is 367 g/mol. The number of benzene rings is 1. The molecule has 1 aromatic carbocycles. The van der Waals surface area contributed by atoms with E-state index < -0.39 is 59.2 Å². The van der Waals surface area contributed by atoms with Crippen LogP contribution in [0.4, 0.5) is 30.7 Å². The first-order valence-corrected chi connectivity index (χ1v) is 5.21. The Labute approximate surface area is 129 Å². The van der Waals surface area contributed by atoms with Crippen molar-refractivity contribution < 1.29 is 58.0 Å². The van der Waals surface area contributed by atoms with Crippen molar-refractivity contribution in [1.29, 1.82) is 5.26 Å². The summed E-state index contributed by atoms with van der Waals surface area (Å²) in [6.07, 6.45) is -12.7. The van der Waals surface area contributed by atoms with Gasteiger partial charge >= 0.3 is 6.18 Å². The number of rotatable bonds is 3. The second kappa shape index (κ2) is 7.28. The fraction of sp³-hybridized carbons (Fsp3) is 0.364. The number of aliphatic hydroxyl groups excluding tert-OH is 2. The van der Waals surface area contributed by atoms with Gasteiger partial charge in [-0.15, -0.1) is 0 Å². The molecule has 0 heterocycles. The molecule has 0 aromatic heterocycles. The predicted molar refractivity (Wildman–Crippen MR) is 52.6 cm³/mol. The van der Waals surface area contributed by atoms with E-state index in [2.05, 4.69) is 0 Å². The van der Waals surface area contributed by atoms with Gasteiger partial charge in [0, 0.05) is 23.5 Å². The van der Waals surface area contributed by atoms with E-state index in [4.69, 9.17) is 10.4 Å². The van der Waals surface area contributed by atoms with Gasteiger partial charge in [0.15, 0.2) is 29.4 Å². The van der Waals surface area contributed by atoms with Crippen molar-refractivity contribution in [2.75, 3.05) is 0 Å². The Morgan fingerprint density at radius 3 is 1.68 bits per heavy atom. The van der Waals surface area contributed by atoms with Crippen LogP contribution in [0.25, 0.3) is 0 Å². The second-order valence-corrected chi connectivity index (χ2v) is 3.97. The minimum Gasteiger partial charge on any atom is -0.388 e. The van der Waals surface area contributed by atoms with Crippen molar-refractivity contribution in [3.8, 4) is 6.07 Å². The van der Waals surface area contributed by atoms with Gasteiger partial charge in [0.05, 0.1) is 11.7 Å². The molecule has 2 atom stereocenters. The van der Waals surface area contributed by atoms with Crippen LogP contribution >= 0.6 is 0 Å². The third-order valence-corrected chi connectivity index (χ3v) is 2.57. The maximum atomic E-state index is 13.4. The normalized spacial score (nSPS) is 14.0.